The van der Waals surface area contributed by atoms with Crippen LogP contribution >= 0.6 is 0 Å². The van der Waals surface area contributed by atoms with Gasteiger partial charge in [0.05, 0.1) is 17.9 Å². The summed E-state index contributed by atoms with van der Waals surface area (Å²) in [6.45, 7) is 4.82. The number of hydrogen-bond donors (Lipinski definition) is 0. The van der Waals surface area contributed by atoms with E-state index < -0.39 is 0 Å². The van der Waals surface area contributed by atoms with E-state index in [4.69, 9.17) is 10.1 Å². The fourth-order valence-electron chi connectivity index (χ4n) is 3.20. The molecule has 0 amide bonds. The number of nitrogens with zero attached hydrogens (tertiary/aromatic N) is 6. The van der Waals surface area contributed by atoms with E-state index in [0.717, 1.165) is 46.3 Å². The van der Waals surface area contributed by atoms with Crippen molar-refractivity contribution in [1.29, 1.82) is 0 Å². The largest absolute Gasteiger partial charge is 0.347 e. The lowest BCUT2D eigenvalue weighted by Crippen LogP contribution is -2.14. The third kappa shape index (κ3) is 4.01. The van der Waals surface area contributed by atoms with Crippen molar-refractivity contribution in [3.05, 3.63) is 77.9 Å². The monoisotopic (exact) mass is 384 g/mol. The molecule has 4 aromatic rings. The molecule has 0 atom stereocenters. The van der Waals surface area contributed by atoms with Crippen molar-refractivity contribution < 1.29 is 0 Å². The maximum absolute atomic E-state index is 4.78. The first-order chi connectivity index (χ1) is 14.0. The van der Waals surface area contributed by atoms with Crippen LogP contribution in [0.2, 0.25) is 0 Å². The van der Waals surface area contributed by atoms with Crippen molar-refractivity contribution in [2.45, 2.75) is 20.4 Å². The highest BCUT2D eigenvalue weighted by Gasteiger charge is 2.13. The molecule has 3 aromatic heterocycles. The molecule has 29 heavy (non-hydrogen) atoms. The molecule has 0 radical (unpaired) electrons. The zero-order valence-corrected chi connectivity index (χ0v) is 17.2. The summed E-state index contributed by atoms with van der Waals surface area (Å²) in [6, 6.07) is 14.4. The van der Waals surface area contributed by atoms with Gasteiger partial charge in [-0.1, -0.05) is 18.2 Å². The quantitative estimate of drug-likeness (QED) is 0.518. The van der Waals surface area contributed by atoms with Crippen molar-refractivity contribution in [2.24, 2.45) is 0 Å². The summed E-state index contributed by atoms with van der Waals surface area (Å²) in [5.41, 5.74) is 7.29. The number of anilines is 1. The first kappa shape index (κ1) is 18.8. The Hall–Kier alpha value is -3.54. The van der Waals surface area contributed by atoms with Gasteiger partial charge in [-0.3, -0.25) is 9.67 Å². The molecule has 6 heteroatoms. The van der Waals surface area contributed by atoms with Gasteiger partial charge in [-0.05, 0) is 49.2 Å². The highest BCUT2D eigenvalue weighted by molar-refractivity contribution is 5.72. The number of aryl methyl sites for hydroxylation is 1. The molecule has 0 aliphatic carbocycles. The van der Waals surface area contributed by atoms with Gasteiger partial charge < -0.3 is 4.90 Å². The smallest absolute Gasteiger partial charge is 0.225 e. The highest BCUT2D eigenvalue weighted by Crippen LogP contribution is 2.28. The molecular weight excluding hydrogens is 360 g/mol. The summed E-state index contributed by atoms with van der Waals surface area (Å²) < 4.78 is 1.95. The van der Waals surface area contributed by atoms with Crippen molar-refractivity contribution in [1.82, 2.24) is 24.7 Å². The normalized spacial score (nSPS) is 10.9. The minimum atomic E-state index is 0.718. The van der Waals surface area contributed by atoms with Gasteiger partial charge in [0.1, 0.15) is 0 Å². The second-order valence-corrected chi connectivity index (χ2v) is 7.31. The van der Waals surface area contributed by atoms with E-state index in [-0.39, 0.29) is 0 Å². The Labute approximate surface area is 170 Å². The van der Waals surface area contributed by atoms with Crippen LogP contribution in [0.4, 0.5) is 5.95 Å². The van der Waals surface area contributed by atoms with E-state index >= 15 is 0 Å². The Morgan fingerprint density at radius 3 is 2.45 bits per heavy atom. The van der Waals surface area contributed by atoms with Crippen LogP contribution in [0.25, 0.3) is 22.5 Å². The van der Waals surface area contributed by atoms with Crippen LogP contribution in [0.3, 0.4) is 0 Å². The van der Waals surface area contributed by atoms with E-state index in [1.807, 2.05) is 55.0 Å². The van der Waals surface area contributed by atoms with E-state index in [0.29, 0.717) is 0 Å². The van der Waals surface area contributed by atoms with Gasteiger partial charge in [-0.25, -0.2) is 9.97 Å². The maximum atomic E-state index is 4.78. The Morgan fingerprint density at radius 2 is 1.69 bits per heavy atom. The van der Waals surface area contributed by atoms with Crippen molar-refractivity contribution in [3.8, 4) is 22.5 Å². The molecule has 6 nitrogen and oxygen atoms in total. The van der Waals surface area contributed by atoms with Crippen LogP contribution in [0.5, 0.6) is 0 Å². The van der Waals surface area contributed by atoms with Crippen LogP contribution < -0.4 is 4.90 Å². The first-order valence-corrected chi connectivity index (χ1v) is 9.57. The maximum Gasteiger partial charge on any atom is 0.225 e. The average Bonchev–Trinajstić information content (AvgIpc) is 3.19. The molecule has 4 rings (SSSR count). The topological polar surface area (TPSA) is 59.7 Å². The molecule has 0 bridgehead atoms. The summed E-state index contributed by atoms with van der Waals surface area (Å²) in [5.74, 6) is 0.718. The van der Waals surface area contributed by atoms with E-state index in [1.165, 1.54) is 5.56 Å². The molecule has 0 saturated heterocycles. The van der Waals surface area contributed by atoms with Gasteiger partial charge in [0.2, 0.25) is 5.95 Å². The highest BCUT2D eigenvalue weighted by atomic mass is 15.3. The first-order valence-electron chi connectivity index (χ1n) is 9.57. The van der Waals surface area contributed by atoms with Gasteiger partial charge in [0.15, 0.2) is 0 Å². The molecule has 0 unspecified atom stereocenters. The van der Waals surface area contributed by atoms with Gasteiger partial charge >= 0.3 is 0 Å². The van der Waals surface area contributed by atoms with E-state index in [2.05, 4.69) is 41.2 Å². The molecule has 146 valence electrons. The van der Waals surface area contributed by atoms with Crippen molar-refractivity contribution in [2.75, 3.05) is 19.0 Å². The molecular formula is C23H24N6. The Bertz CT molecular complexity index is 1130. The Morgan fingerprint density at radius 1 is 0.931 bits per heavy atom. The Balaban J connectivity index is 1.67. The van der Waals surface area contributed by atoms with Crippen LogP contribution in [-0.2, 0) is 6.54 Å². The third-order valence-corrected chi connectivity index (χ3v) is 4.94. The zero-order chi connectivity index (χ0) is 20.4. The molecule has 0 spiro atoms. The molecule has 0 aliphatic heterocycles. The summed E-state index contributed by atoms with van der Waals surface area (Å²) in [7, 11) is 3.92. The number of benzene rings is 1. The van der Waals surface area contributed by atoms with Gasteiger partial charge in [-0.15, -0.1) is 0 Å². The summed E-state index contributed by atoms with van der Waals surface area (Å²) >= 11 is 0. The lowest BCUT2D eigenvalue weighted by atomic mass is 10.0. The summed E-state index contributed by atoms with van der Waals surface area (Å²) in [5, 5.41) is 4.75. The fraction of sp³-hybridized carbons (Fsp3) is 0.217. The summed E-state index contributed by atoms with van der Waals surface area (Å²) in [4.78, 5) is 15.4. The predicted octanol–water partition coefficient (Wildman–Crippen LogP) is 4.13. The lowest BCUT2D eigenvalue weighted by Gasteiger charge is -2.15. The van der Waals surface area contributed by atoms with Crippen LogP contribution in [-0.4, -0.2) is 38.8 Å². The van der Waals surface area contributed by atoms with Gasteiger partial charge in [0, 0.05) is 49.5 Å². The Kier molecular flexibility index (Phi) is 5.08. The van der Waals surface area contributed by atoms with Gasteiger partial charge in [-0.2, -0.15) is 5.10 Å². The standard InChI is InChI=1S/C23H24N6/c1-16-17(2)25-23(28(3)4)26-22(16)20-7-5-6-19(14-20)21-10-13-29(27-21)15-18-8-11-24-12-9-18/h5-14H,15H2,1-4H3. The zero-order valence-electron chi connectivity index (χ0n) is 17.2. The fourth-order valence-corrected chi connectivity index (χ4v) is 3.20. The third-order valence-electron chi connectivity index (χ3n) is 4.94. The average molecular weight is 384 g/mol. The summed E-state index contributed by atoms with van der Waals surface area (Å²) in [6.07, 6.45) is 5.61. The molecule has 0 aliphatic rings. The number of rotatable bonds is 5. The molecule has 3 heterocycles. The lowest BCUT2D eigenvalue weighted by molar-refractivity contribution is 0.688. The number of aromatic nitrogens is 5. The van der Waals surface area contributed by atoms with Crippen LogP contribution in [0.1, 0.15) is 16.8 Å². The van der Waals surface area contributed by atoms with Gasteiger partial charge in [0.25, 0.3) is 0 Å². The van der Waals surface area contributed by atoms with Crippen molar-refractivity contribution in [3.63, 3.8) is 0 Å². The second kappa shape index (κ2) is 7.83. The number of pyridine rings is 1. The van der Waals surface area contributed by atoms with Crippen LogP contribution in [0, 0.1) is 13.8 Å². The SMILES string of the molecule is Cc1nc(N(C)C)nc(-c2cccc(-c3ccn(Cc4ccncc4)n3)c2)c1C. The van der Waals surface area contributed by atoms with E-state index in [1.54, 1.807) is 12.4 Å². The van der Waals surface area contributed by atoms with Crippen molar-refractivity contribution >= 4 is 5.95 Å². The second-order valence-electron chi connectivity index (χ2n) is 7.31. The van der Waals surface area contributed by atoms with E-state index in [9.17, 15) is 0 Å². The predicted molar refractivity (Wildman–Crippen MR) is 116 cm³/mol. The molecule has 1 aromatic carbocycles. The minimum absolute atomic E-state index is 0.718. The molecule has 0 fully saturated rings. The number of hydrogen-bond acceptors (Lipinski definition) is 5. The molecule has 0 saturated carbocycles. The minimum Gasteiger partial charge on any atom is -0.347 e. The molecule has 0 N–H and O–H groups in total. The van der Waals surface area contributed by atoms with Crippen LogP contribution in [0.15, 0.2) is 61.1 Å².